The maximum atomic E-state index is 13.6. The molecule has 0 saturated heterocycles. The molecule has 11 nitrogen and oxygen atoms in total. The van der Waals surface area contributed by atoms with Crippen molar-refractivity contribution in [3.05, 3.63) is 66.2 Å². The molecule has 0 fully saturated rings. The molecule has 0 aliphatic rings. The molecule has 0 aliphatic heterocycles. The number of urea groups is 1. The second kappa shape index (κ2) is 11.4. The van der Waals surface area contributed by atoms with E-state index in [-0.39, 0.29) is 24.3 Å². The number of carbonyl (C=O) groups excluding carboxylic acids is 1. The Bertz CT molecular complexity index is 1410. The highest BCUT2D eigenvalue weighted by Gasteiger charge is 2.33. The van der Waals surface area contributed by atoms with Gasteiger partial charge in [0, 0.05) is 37.2 Å². The van der Waals surface area contributed by atoms with Crippen molar-refractivity contribution in [1.29, 1.82) is 0 Å². The lowest BCUT2D eigenvalue weighted by Crippen LogP contribution is -2.29. The topological polar surface area (TPSA) is 149 Å². The molecule has 2 aromatic heterocycles. The second-order valence-electron chi connectivity index (χ2n) is 8.22. The molecular formula is C24H25F3N8O3. The number of aliphatic hydroxyl groups is 2. The maximum Gasteiger partial charge on any atom is 0.416 e. The zero-order valence-electron chi connectivity index (χ0n) is 20.1. The van der Waals surface area contributed by atoms with Gasteiger partial charge in [0.15, 0.2) is 17.0 Å². The van der Waals surface area contributed by atoms with Crippen molar-refractivity contribution in [2.45, 2.75) is 18.8 Å². The molecule has 2 heterocycles. The predicted octanol–water partition coefficient (Wildman–Crippen LogP) is 2.96. The third-order valence-electron chi connectivity index (χ3n) is 5.55. The van der Waals surface area contributed by atoms with E-state index in [9.17, 15) is 23.1 Å². The number of nitrogens with zero attached hydrogens (tertiary/aromatic N) is 4. The molecule has 0 radical (unpaired) electrons. The smallest absolute Gasteiger partial charge is 0.394 e. The fourth-order valence-electron chi connectivity index (χ4n) is 3.72. The van der Waals surface area contributed by atoms with Crippen LogP contribution in [0.5, 0.6) is 0 Å². The van der Waals surface area contributed by atoms with Gasteiger partial charge in [-0.05, 0) is 42.0 Å². The summed E-state index contributed by atoms with van der Waals surface area (Å²) < 4.78 is 42.5. The van der Waals surface area contributed by atoms with Crippen molar-refractivity contribution < 1.29 is 28.2 Å². The Balaban J connectivity index is 1.43. The minimum absolute atomic E-state index is 0.0458. The van der Waals surface area contributed by atoms with Crippen molar-refractivity contribution in [1.82, 2.24) is 24.8 Å². The van der Waals surface area contributed by atoms with Crippen LogP contribution in [-0.2, 0) is 12.7 Å². The predicted molar refractivity (Wildman–Crippen MR) is 135 cm³/mol. The first-order valence-corrected chi connectivity index (χ1v) is 11.4. The van der Waals surface area contributed by atoms with Gasteiger partial charge in [0.2, 0.25) is 0 Å². The van der Waals surface area contributed by atoms with Crippen LogP contribution in [0.4, 0.5) is 35.2 Å². The highest BCUT2D eigenvalue weighted by Crippen LogP contribution is 2.34. The molecule has 1 unspecified atom stereocenters. The third-order valence-corrected chi connectivity index (χ3v) is 5.55. The van der Waals surface area contributed by atoms with E-state index in [1.807, 2.05) is 0 Å². The summed E-state index contributed by atoms with van der Waals surface area (Å²) in [6.07, 6.45) is -2.72. The molecular weight excluding hydrogens is 505 g/mol. The summed E-state index contributed by atoms with van der Waals surface area (Å²) in [7, 11) is 1.73. The van der Waals surface area contributed by atoms with Crippen LogP contribution in [-0.4, -0.2) is 62.1 Å². The molecule has 4 rings (SSSR count). The van der Waals surface area contributed by atoms with Crippen LogP contribution < -0.4 is 21.3 Å². The van der Waals surface area contributed by atoms with Crippen LogP contribution >= 0.6 is 0 Å². The number of nitrogens with one attached hydrogen (secondary N) is 4. The normalized spacial score (nSPS) is 12.4. The molecule has 38 heavy (non-hydrogen) atoms. The lowest BCUT2D eigenvalue weighted by Gasteiger charge is -2.16. The Morgan fingerprint density at radius 3 is 2.45 bits per heavy atom. The minimum Gasteiger partial charge on any atom is -0.394 e. The number of benzene rings is 2. The van der Waals surface area contributed by atoms with Crippen LogP contribution in [0.15, 0.2) is 55.1 Å². The van der Waals surface area contributed by atoms with E-state index in [4.69, 9.17) is 5.11 Å². The van der Waals surface area contributed by atoms with Gasteiger partial charge in [0.25, 0.3) is 0 Å². The first-order valence-electron chi connectivity index (χ1n) is 11.4. The zero-order chi connectivity index (χ0) is 27.3. The summed E-state index contributed by atoms with van der Waals surface area (Å²) in [5, 5.41) is 28.8. The highest BCUT2D eigenvalue weighted by atomic mass is 19.4. The van der Waals surface area contributed by atoms with Gasteiger partial charge < -0.3 is 31.5 Å². The molecule has 200 valence electrons. The van der Waals surface area contributed by atoms with Crippen molar-refractivity contribution in [3.63, 3.8) is 0 Å². The molecule has 0 saturated carbocycles. The number of rotatable bonds is 9. The number of aliphatic hydroxyl groups excluding tert-OH is 2. The number of fused-ring (bicyclic) bond motifs is 1. The van der Waals surface area contributed by atoms with E-state index in [1.165, 1.54) is 18.5 Å². The van der Waals surface area contributed by atoms with Gasteiger partial charge >= 0.3 is 12.2 Å². The summed E-state index contributed by atoms with van der Waals surface area (Å²) in [6, 6.07) is 9.45. The summed E-state index contributed by atoms with van der Waals surface area (Å²) in [6.45, 7) is -0.761. The Morgan fingerprint density at radius 2 is 1.76 bits per heavy atom. The molecule has 0 aliphatic carbocycles. The molecule has 0 bridgehead atoms. The molecule has 4 aromatic rings. The number of halogens is 3. The summed E-state index contributed by atoms with van der Waals surface area (Å²) >= 11 is 0. The van der Waals surface area contributed by atoms with Gasteiger partial charge in [-0.2, -0.15) is 13.2 Å². The number of aromatic nitrogens is 4. The van der Waals surface area contributed by atoms with Crippen LogP contribution in [0.25, 0.3) is 16.9 Å². The van der Waals surface area contributed by atoms with Crippen molar-refractivity contribution in [2.24, 2.45) is 0 Å². The summed E-state index contributed by atoms with van der Waals surface area (Å²) in [4.78, 5) is 25.2. The molecule has 1 atom stereocenters. The van der Waals surface area contributed by atoms with Gasteiger partial charge in [-0.3, -0.25) is 4.57 Å². The van der Waals surface area contributed by atoms with E-state index in [2.05, 4.69) is 36.2 Å². The zero-order valence-corrected chi connectivity index (χ0v) is 20.1. The summed E-state index contributed by atoms with van der Waals surface area (Å²) in [5.74, 6) is 0.585. The Morgan fingerprint density at radius 1 is 1.05 bits per heavy atom. The first-order chi connectivity index (χ1) is 18.2. The van der Waals surface area contributed by atoms with Crippen LogP contribution in [0, 0.1) is 0 Å². The van der Waals surface area contributed by atoms with Gasteiger partial charge in [-0.1, -0.05) is 6.07 Å². The monoisotopic (exact) mass is 530 g/mol. The van der Waals surface area contributed by atoms with Crippen LogP contribution in [0.2, 0.25) is 0 Å². The van der Waals surface area contributed by atoms with Gasteiger partial charge in [0.1, 0.15) is 12.7 Å². The quantitative estimate of drug-likeness (QED) is 0.193. The average molecular weight is 531 g/mol. The minimum atomic E-state index is -4.66. The van der Waals surface area contributed by atoms with Crippen molar-refractivity contribution in [2.75, 3.05) is 36.1 Å². The lowest BCUT2D eigenvalue weighted by atomic mass is 10.1. The number of anilines is 3. The second-order valence-corrected chi connectivity index (χ2v) is 8.22. The number of imidazole rings is 1. The fraction of sp³-hybridized carbons (Fsp3) is 0.250. The highest BCUT2D eigenvalue weighted by molar-refractivity contribution is 5.99. The van der Waals surface area contributed by atoms with Crippen molar-refractivity contribution in [3.8, 4) is 5.69 Å². The van der Waals surface area contributed by atoms with E-state index in [0.717, 1.165) is 11.8 Å². The lowest BCUT2D eigenvalue weighted by molar-refractivity contribution is -0.138. The standard InChI is InChI=1S/C24H25F3N8O3/c1-28-21-20-22(31-12-30-21)35(13-32-20)17-6-4-15(5-7-17)33-23(38)34-16-3-2-14(9-29-10-18(37)11-36)19(8-16)24(25,26)27/h2-8,12-13,18,29,36-37H,9-11H2,1H3,(H,28,30,31)(H2,33,34,38). The Kier molecular flexibility index (Phi) is 8.05. The van der Waals surface area contributed by atoms with E-state index >= 15 is 0 Å². The van der Waals surface area contributed by atoms with Crippen LogP contribution in [0.1, 0.15) is 11.1 Å². The SMILES string of the molecule is CNc1ncnc2c1ncn2-c1ccc(NC(=O)Nc2ccc(CNCC(O)CO)c(C(F)(F)F)c2)cc1. The molecule has 0 spiro atoms. The Hall–Kier alpha value is -4.27. The average Bonchev–Trinajstić information content (AvgIpc) is 3.33. The largest absolute Gasteiger partial charge is 0.416 e. The van der Waals surface area contributed by atoms with Gasteiger partial charge in [-0.25, -0.2) is 19.7 Å². The Labute approximate surface area is 214 Å². The van der Waals surface area contributed by atoms with E-state index in [1.54, 1.807) is 42.2 Å². The van der Waals surface area contributed by atoms with Crippen molar-refractivity contribution >= 4 is 34.4 Å². The number of hydrogen-bond acceptors (Lipinski definition) is 8. The number of alkyl halides is 3. The number of amides is 2. The fourth-order valence-corrected chi connectivity index (χ4v) is 3.72. The number of carbonyl (C=O) groups is 1. The summed E-state index contributed by atoms with van der Waals surface area (Å²) in [5.41, 5.74) is 1.29. The van der Waals surface area contributed by atoms with E-state index in [0.29, 0.717) is 22.7 Å². The molecule has 2 amide bonds. The van der Waals surface area contributed by atoms with Gasteiger partial charge in [-0.15, -0.1) is 0 Å². The molecule has 2 aromatic carbocycles. The maximum absolute atomic E-state index is 13.6. The molecule has 14 heteroatoms. The van der Waals surface area contributed by atoms with Gasteiger partial charge in [0.05, 0.1) is 18.3 Å². The van der Waals surface area contributed by atoms with E-state index < -0.39 is 30.5 Å². The number of hydrogen-bond donors (Lipinski definition) is 6. The first kappa shape index (κ1) is 26.8. The third kappa shape index (κ3) is 6.16. The molecule has 6 N–H and O–H groups in total. The van der Waals surface area contributed by atoms with Crippen LogP contribution in [0.3, 0.4) is 0 Å².